The van der Waals surface area contributed by atoms with Crippen molar-refractivity contribution >= 4 is 21.9 Å². The minimum absolute atomic E-state index is 0.834. The fraction of sp³-hybridized carbons (Fsp3) is 1.00. The summed E-state index contributed by atoms with van der Waals surface area (Å²) in [4.78, 5) is 0. The Morgan fingerprint density at radius 2 is 1.75 bits per heavy atom. The maximum atomic E-state index is 5.30. The molecule has 0 amide bonds. The third-order valence-corrected chi connectivity index (χ3v) is 2.81. The van der Waals surface area contributed by atoms with Gasteiger partial charge in [0.1, 0.15) is 0 Å². The summed E-state index contributed by atoms with van der Waals surface area (Å²) >= 11 is 1.47. The average molecular weight is 210 g/mol. The molecule has 0 aromatic heterocycles. The second kappa shape index (κ2) is 11.6. The molecule has 74 valence electrons. The van der Waals surface area contributed by atoms with Gasteiger partial charge in [0.05, 0.1) is 24.3 Å². The molecule has 0 unspecified atom stereocenters. The van der Waals surface area contributed by atoms with Crippen molar-refractivity contribution in [1.82, 2.24) is 0 Å². The summed E-state index contributed by atoms with van der Waals surface area (Å²) in [6.45, 7) is 6.78. The molecule has 0 saturated carbocycles. The zero-order valence-corrected chi connectivity index (χ0v) is 9.51. The van der Waals surface area contributed by atoms with Crippen LogP contribution >= 0.6 is 21.9 Å². The maximum Gasteiger partial charge on any atom is 0.0622 e. The predicted octanol–water partition coefficient (Wildman–Crippen LogP) is 3.14. The Bertz CT molecular complexity index is 71.5. The van der Waals surface area contributed by atoms with Gasteiger partial charge in [-0.3, -0.25) is 0 Å². The van der Waals surface area contributed by atoms with Crippen molar-refractivity contribution in [3.63, 3.8) is 0 Å². The Kier molecular flexibility index (Phi) is 12.2. The molecule has 0 aliphatic rings. The van der Waals surface area contributed by atoms with E-state index >= 15 is 0 Å². The Morgan fingerprint density at radius 1 is 1.00 bits per heavy atom. The van der Waals surface area contributed by atoms with Crippen LogP contribution in [0.2, 0.25) is 0 Å². The van der Waals surface area contributed by atoms with E-state index in [1.807, 2.05) is 0 Å². The van der Waals surface area contributed by atoms with Crippen LogP contribution in [-0.4, -0.2) is 25.6 Å². The predicted molar refractivity (Wildman–Crippen MR) is 57.4 cm³/mol. The number of hydrogen-bond acceptors (Lipinski definition) is 4. The van der Waals surface area contributed by atoms with Crippen molar-refractivity contribution in [2.75, 3.05) is 25.6 Å². The largest absolute Gasteiger partial charge is 0.381 e. The molecule has 0 fully saturated rings. The molecule has 0 aromatic carbocycles. The van der Waals surface area contributed by atoms with Crippen LogP contribution in [0.15, 0.2) is 0 Å². The fourth-order valence-electron chi connectivity index (χ4n) is 0.525. The van der Waals surface area contributed by atoms with Crippen LogP contribution in [0.3, 0.4) is 0 Å². The Labute approximate surface area is 83.4 Å². The van der Waals surface area contributed by atoms with Crippen LogP contribution in [0.1, 0.15) is 26.7 Å². The van der Waals surface area contributed by atoms with Gasteiger partial charge >= 0.3 is 0 Å². The van der Waals surface area contributed by atoms with E-state index in [1.54, 1.807) is 10.8 Å². The molecule has 0 radical (unpaired) electrons. The molecule has 0 aromatic rings. The molecule has 0 N–H and O–H groups in total. The molecule has 4 heteroatoms. The van der Waals surface area contributed by atoms with Crippen LogP contribution in [0.5, 0.6) is 0 Å². The Hall–Kier alpha value is 0.620. The van der Waals surface area contributed by atoms with Gasteiger partial charge < -0.3 is 8.92 Å². The molecule has 0 bridgehead atoms. The highest BCUT2D eigenvalue weighted by Gasteiger charge is 1.90. The Morgan fingerprint density at radius 3 is 2.42 bits per heavy atom. The number of hydrogen-bond donors (Lipinski definition) is 0. The van der Waals surface area contributed by atoms with Crippen molar-refractivity contribution in [1.29, 1.82) is 0 Å². The van der Waals surface area contributed by atoms with E-state index in [2.05, 4.69) is 13.8 Å². The lowest BCUT2D eigenvalue weighted by Gasteiger charge is -2.01. The lowest BCUT2D eigenvalue weighted by Crippen LogP contribution is -1.97. The van der Waals surface area contributed by atoms with Gasteiger partial charge in [-0.2, -0.15) is 0 Å². The van der Waals surface area contributed by atoms with Crippen molar-refractivity contribution in [2.45, 2.75) is 26.7 Å². The van der Waals surface area contributed by atoms with Gasteiger partial charge in [0, 0.05) is 12.4 Å². The maximum absolute atomic E-state index is 5.30. The van der Waals surface area contributed by atoms with E-state index in [9.17, 15) is 0 Å². The first kappa shape index (κ1) is 12.6. The van der Waals surface area contributed by atoms with Crippen LogP contribution in [0.25, 0.3) is 0 Å². The zero-order chi connectivity index (χ0) is 9.07. The monoisotopic (exact) mass is 210 g/mol. The normalized spacial score (nSPS) is 10.5. The molecule has 0 aliphatic heterocycles. The van der Waals surface area contributed by atoms with Gasteiger partial charge in [0.25, 0.3) is 0 Å². The molecular weight excluding hydrogens is 192 g/mol. The fourth-order valence-corrected chi connectivity index (χ4v) is 1.90. The molecule has 0 spiro atoms. The summed E-state index contributed by atoms with van der Waals surface area (Å²) in [7, 11) is 1.71. The summed E-state index contributed by atoms with van der Waals surface area (Å²) in [6.07, 6.45) is 2.18. The highest BCUT2D eigenvalue weighted by atomic mass is 33.1. The highest BCUT2D eigenvalue weighted by molar-refractivity contribution is 8.74. The summed E-state index contributed by atoms with van der Waals surface area (Å²) < 4.78 is 10.5. The van der Waals surface area contributed by atoms with E-state index in [-0.39, 0.29) is 0 Å². The van der Waals surface area contributed by atoms with Gasteiger partial charge in [-0.15, -0.1) is 0 Å². The summed E-state index contributed by atoms with van der Waals surface area (Å²) in [5.41, 5.74) is 0. The first-order chi connectivity index (χ1) is 5.91. The SMILES string of the molecule is CCCOCCSSOCCC. The second-order valence-corrected chi connectivity index (χ2v) is 4.46. The zero-order valence-electron chi connectivity index (χ0n) is 7.88. The van der Waals surface area contributed by atoms with Gasteiger partial charge in [-0.25, -0.2) is 0 Å². The smallest absolute Gasteiger partial charge is 0.0622 e. The molecule has 0 aliphatic carbocycles. The molecule has 12 heavy (non-hydrogen) atoms. The highest BCUT2D eigenvalue weighted by Crippen LogP contribution is 2.21. The third kappa shape index (κ3) is 10.6. The molecular formula is C8H18O2S2. The molecule has 0 heterocycles. The summed E-state index contributed by atoms with van der Waals surface area (Å²) in [5.74, 6) is 1.01. The standard InChI is InChI=1S/C8H18O2S2/c1-3-5-9-7-8-11-12-10-6-4-2/h3-8H2,1-2H3. The van der Waals surface area contributed by atoms with Gasteiger partial charge in [0.15, 0.2) is 0 Å². The van der Waals surface area contributed by atoms with E-state index < -0.39 is 0 Å². The van der Waals surface area contributed by atoms with Crippen molar-refractivity contribution in [2.24, 2.45) is 0 Å². The van der Waals surface area contributed by atoms with Gasteiger partial charge in [-0.1, -0.05) is 24.6 Å². The lowest BCUT2D eigenvalue weighted by atomic mass is 10.5. The molecule has 0 saturated heterocycles. The van der Waals surface area contributed by atoms with Gasteiger partial charge in [0.2, 0.25) is 0 Å². The lowest BCUT2D eigenvalue weighted by molar-refractivity contribution is 0.151. The average Bonchev–Trinajstić information content (AvgIpc) is 2.10. The topological polar surface area (TPSA) is 18.5 Å². The third-order valence-electron chi connectivity index (χ3n) is 1.04. The van der Waals surface area contributed by atoms with Crippen molar-refractivity contribution < 1.29 is 8.92 Å². The van der Waals surface area contributed by atoms with Crippen LogP contribution in [0, 0.1) is 0 Å². The summed E-state index contributed by atoms with van der Waals surface area (Å²) in [6, 6.07) is 0. The first-order valence-electron chi connectivity index (χ1n) is 4.40. The Balaban J connectivity index is 2.73. The van der Waals surface area contributed by atoms with Gasteiger partial charge in [-0.05, 0) is 12.8 Å². The van der Waals surface area contributed by atoms with Crippen molar-refractivity contribution in [3.8, 4) is 0 Å². The molecule has 0 atom stereocenters. The van der Waals surface area contributed by atoms with E-state index in [0.717, 1.165) is 38.4 Å². The van der Waals surface area contributed by atoms with E-state index in [1.165, 1.54) is 11.1 Å². The number of rotatable bonds is 9. The number of ether oxygens (including phenoxy) is 1. The summed E-state index contributed by atoms with van der Waals surface area (Å²) in [5, 5.41) is 0. The van der Waals surface area contributed by atoms with Crippen molar-refractivity contribution in [3.05, 3.63) is 0 Å². The minimum atomic E-state index is 0.834. The quantitative estimate of drug-likeness (QED) is 0.330. The molecule has 2 nitrogen and oxygen atoms in total. The van der Waals surface area contributed by atoms with Crippen LogP contribution < -0.4 is 0 Å². The molecule has 0 rings (SSSR count). The minimum Gasteiger partial charge on any atom is -0.381 e. The van der Waals surface area contributed by atoms with Crippen LogP contribution in [0.4, 0.5) is 0 Å². The van der Waals surface area contributed by atoms with E-state index in [4.69, 9.17) is 8.92 Å². The second-order valence-electron chi connectivity index (χ2n) is 2.32. The van der Waals surface area contributed by atoms with E-state index in [0.29, 0.717) is 0 Å². The van der Waals surface area contributed by atoms with Crippen LogP contribution in [-0.2, 0) is 8.92 Å². The first-order valence-corrected chi connectivity index (χ1v) is 6.65.